The molecule has 4 nitrogen and oxygen atoms in total. The highest BCUT2D eigenvalue weighted by Gasteiger charge is 2.39. The quantitative estimate of drug-likeness (QED) is 0.809. The molecule has 1 aliphatic rings. The number of likely N-dealkylation sites (tertiary alicyclic amines) is 1. The number of benzene rings is 1. The number of carbonyl (C=O) groups is 1. The smallest absolute Gasteiger partial charge is 0.410 e. The third-order valence-electron chi connectivity index (χ3n) is 3.82. The zero-order valence-corrected chi connectivity index (χ0v) is 14.4. The zero-order valence-electron chi connectivity index (χ0n) is 14.4. The monoisotopic (exact) mass is 341 g/mol. The van der Waals surface area contributed by atoms with E-state index in [0.717, 1.165) is 5.56 Å². The van der Waals surface area contributed by atoms with Gasteiger partial charge in [-0.2, -0.15) is 0 Å². The molecule has 0 aromatic heterocycles. The predicted octanol–water partition coefficient (Wildman–Crippen LogP) is 4.09. The molecule has 0 N–H and O–H groups in total. The number of hydrogen-bond acceptors (Lipinski definition) is 3. The molecule has 1 aromatic carbocycles. The van der Waals surface area contributed by atoms with Crippen LogP contribution in [0.1, 0.15) is 32.8 Å². The van der Waals surface area contributed by atoms with Crippen LogP contribution in [0.25, 0.3) is 0 Å². The van der Waals surface area contributed by atoms with E-state index in [1.54, 1.807) is 20.8 Å². The van der Waals surface area contributed by atoms with E-state index in [4.69, 9.17) is 9.47 Å². The molecule has 0 saturated carbocycles. The van der Waals surface area contributed by atoms with Crippen molar-refractivity contribution in [1.82, 2.24) is 4.90 Å². The molecule has 0 bridgehead atoms. The Bertz CT molecular complexity index is 531. The molecule has 24 heavy (non-hydrogen) atoms. The van der Waals surface area contributed by atoms with Crippen LogP contribution in [0.2, 0.25) is 0 Å². The van der Waals surface area contributed by atoms with Crippen molar-refractivity contribution in [2.45, 2.75) is 51.9 Å². The average molecular weight is 341 g/mol. The summed E-state index contributed by atoms with van der Waals surface area (Å²) in [6.45, 7) is 6.19. The Morgan fingerprint density at radius 3 is 2.50 bits per heavy atom. The number of nitrogens with zero attached hydrogens (tertiary/aromatic N) is 1. The first-order valence-corrected chi connectivity index (χ1v) is 8.16. The second-order valence-electron chi connectivity index (χ2n) is 7.11. The average Bonchev–Trinajstić information content (AvgIpc) is 2.87. The van der Waals surface area contributed by atoms with E-state index in [1.807, 2.05) is 30.3 Å². The third kappa shape index (κ3) is 5.74. The van der Waals surface area contributed by atoms with Gasteiger partial charge in [0, 0.05) is 18.9 Å². The molecule has 0 aliphatic carbocycles. The Balaban J connectivity index is 1.97. The minimum atomic E-state index is -2.42. The van der Waals surface area contributed by atoms with Crippen LogP contribution in [0.3, 0.4) is 0 Å². The SMILES string of the molecule is CC(C)(C)OC(=O)N1C[C@@H](CC(F)F)[C@H](OCc2ccccc2)C1. The summed E-state index contributed by atoms with van der Waals surface area (Å²) in [6.07, 6.45) is -3.59. The van der Waals surface area contributed by atoms with Crippen molar-refractivity contribution in [1.29, 1.82) is 0 Å². The van der Waals surface area contributed by atoms with Crippen LogP contribution in [0, 0.1) is 5.92 Å². The normalized spacial score (nSPS) is 21.3. The van der Waals surface area contributed by atoms with E-state index in [1.165, 1.54) is 4.90 Å². The summed E-state index contributed by atoms with van der Waals surface area (Å²) in [4.78, 5) is 13.6. The number of carbonyl (C=O) groups excluding carboxylic acids is 1. The minimum Gasteiger partial charge on any atom is -0.444 e. The molecule has 6 heteroatoms. The van der Waals surface area contributed by atoms with E-state index in [0.29, 0.717) is 6.61 Å². The molecule has 1 fully saturated rings. The van der Waals surface area contributed by atoms with Gasteiger partial charge in [-0.25, -0.2) is 13.6 Å². The fourth-order valence-corrected chi connectivity index (χ4v) is 2.74. The maximum absolute atomic E-state index is 12.8. The van der Waals surface area contributed by atoms with E-state index >= 15 is 0 Å². The lowest BCUT2D eigenvalue weighted by Gasteiger charge is -2.24. The Morgan fingerprint density at radius 2 is 1.92 bits per heavy atom. The second-order valence-corrected chi connectivity index (χ2v) is 7.11. The number of amides is 1. The molecule has 1 aliphatic heterocycles. The molecule has 2 rings (SSSR count). The second kappa shape index (κ2) is 7.92. The van der Waals surface area contributed by atoms with Gasteiger partial charge < -0.3 is 14.4 Å². The number of halogens is 2. The third-order valence-corrected chi connectivity index (χ3v) is 3.82. The fourth-order valence-electron chi connectivity index (χ4n) is 2.74. The molecule has 1 saturated heterocycles. The van der Waals surface area contributed by atoms with Gasteiger partial charge in [0.15, 0.2) is 0 Å². The number of alkyl halides is 2. The Hall–Kier alpha value is -1.69. The van der Waals surface area contributed by atoms with Gasteiger partial charge in [-0.1, -0.05) is 30.3 Å². The number of rotatable bonds is 5. The van der Waals surface area contributed by atoms with Crippen molar-refractivity contribution < 1.29 is 23.0 Å². The first kappa shape index (κ1) is 18.6. The number of ether oxygens (including phenoxy) is 2. The van der Waals surface area contributed by atoms with E-state index in [9.17, 15) is 13.6 Å². The summed E-state index contributed by atoms with van der Waals surface area (Å²) in [6, 6.07) is 9.54. The summed E-state index contributed by atoms with van der Waals surface area (Å²) in [5, 5.41) is 0. The molecule has 0 spiro atoms. The van der Waals surface area contributed by atoms with Gasteiger partial charge in [0.05, 0.1) is 19.3 Å². The van der Waals surface area contributed by atoms with Crippen molar-refractivity contribution in [2.24, 2.45) is 5.92 Å². The molecule has 134 valence electrons. The summed E-state index contributed by atoms with van der Waals surface area (Å²) in [7, 11) is 0. The number of hydrogen-bond donors (Lipinski definition) is 0. The highest BCUT2D eigenvalue weighted by atomic mass is 19.3. The van der Waals surface area contributed by atoms with Crippen molar-refractivity contribution in [3.63, 3.8) is 0 Å². The van der Waals surface area contributed by atoms with Crippen LogP contribution in [-0.4, -0.2) is 42.2 Å². The molecule has 2 atom stereocenters. The van der Waals surface area contributed by atoms with Gasteiger partial charge in [-0.15, -0.1) is 0 Å². The van der Waals surface area contributed by atoms with Crippen LogP contribution in [0.5, 0.6) is 0 Å². The maximum Gasteiger partial charge on any atom is 0.410 e. The lowest BCUT2D eigenvalue weighted by atomic mass is 10.0. The minimum absolute atomic E-state index is 0.235. The molecule has 1 heterocycles. The van der Waals surface area contributed by atoms with E-state index in [-0.39, 0.29) is 25.4 Å². The van der Waals surface area contributed by atoms with Gasteiger partial charge in [-0.3, -0.25) is 0 Å². The molecule has 1 amide bonds. The van der Waals surface area contributed by atoms with Crippen molar-refractivity contribution in [3.05, 3.63) is 35.9 Å². The first-order chi connectivity index (χ1) is 11.2. The van der Waals surface area contributed by atoms with Gasteiger partial charge in [0.25, 0.3) is 0 Å². The van der Waals surface area contributed by atoms with Crippen molar-refractivity contribution in [3.8, 4) is 0 Å². The molecule has 0 radical (unpaired) electrons. The Morgan fingerprint density at radius 1 is 1.25 bits per heavy atom. The van der Waals surface area contributed by atoms with Crippen molar-refractivity contribution >= 4 is 6.09 Å². The van der Waals surface area contributed by atoms with Crippen LogP contribution in [-0.2, 0) is 16.1 Å². The highest BCUT2D eigenvalue weighted by Crippen LogP contribution is 2.28. The lowest BCUT2D eigenvalue weighted by Crippen LogP contribution is -2.36. The van der Waals surface area contributed by atoms with Crippen LogP contribution < -0.4 is 0 Å². The van der Waals surface area contributed by atoms with Crippen LogP contribution >= 0.6 is 0 Å². The molecule has 1 aromatic rings. The maximum atomic E-state index is 12.8. The van der Waals surface area contributed by atoms with Crippen LogP contribution in [0.15, 0.2) is 30.3 Å². The van der Waals surface area contributed by atoms with Crippen LogP contribution in [0.4, 0.5) is 13.6 Å². The van der Waals surface area contributed by atoms with Gasteiger partial charge in [0.2, 0.25) is 6.43 Å². The summed E-state index contributed by atoms with van der Waals surface area (Å²) in [5.41, 5.74) is 0.363. The molecular formula is C18H25F2NO3. The topological polar surface area (TPSA) is 38.8 Å². The Labute approximate surface area is 141 Å². The van der Waals surface area contributed by atoms with Crippen molar-refractivity contribution in [2.75, 3.05) is 13.1 Å². The van der Waals surface area contributed by atoms with Gasteiger partial charge in [0.1, 0.15) is 5.60 Å². The van der Waals surface area contributed by atoms with E-state index in [2.05, 4.69) is 0 Å². The largest absolute Gasteiger partial charge is 0.444 e. The van der Waals surface area contributed by atoms with E-state index < -0.39 is 24.2 Å². The summed E-state index contributed by atoms with van der Waals surface area (Å²) >= 11 is 0. The predicted molar refractivity (Wildman–Crippen MR) is 86.9 cm³/mol. The van der Waals surface area contributed by atoms with Gasteiger partial charge in [-0.05, 0) is 26.3 Å². The Kier molecular flexibility index (Phi) is 6.15. The summed E-state index contributed by atoms with van der Waals surface area (Å²) < 4.78 is 36.8. The highest BCUT2D eigenvalue weighted by molar-refractivity contribution is 5.68. The fraction of sp³-hybridized carbons (Fsp3) is 0.611. The lowest BCUT2D eigenvalue weighted by molar-refractivity contribution is 0.000879. The molecular weight excluding hydrogens is 316 g/mol. The summed E-state index contributed by atoms with van der Waals surface area (Å²) in [5.74, 6) is -0.388. The zero-order chi connectivity index (χ0) is 17.7. The molecule has 0 unspecified atom stereocenters. The standard InChI is InChI=1S/C18H25F2NO3/c1-18(2,3)24-17(22)21-10-14(9-16(19)20)15(11-21)23-12-13-7-5-4-6-8-13/h4-8,14-16H,9-12H2,1-3H3/t14-,15-/m1/s1. The first-order valence-electron chi connectivity index (χ1n) is 8.16. The van der Waals surface area contributed by atoms with Gasteiger partial charge >= 0.3 is 6.09 Å².